The van der Waals surface area contributed by atoms with Crippen molar-refractivity contribution in [2.24, 2.45) is 5.73 Å². The van der Waals surface area contributed by atoms with Crippen LogP contribution in [0.1, 0.15) is 16.8 Å². The van der Waals surface area contributed by atoms with Gasteiger partial charge in [-0.3, -0.25) is 9.78 Å². The minimum Gasteiger partial charge on any atom is -0.496 e. The molecule has 1 aliphatic rings. The van der Waals surface area contributed by atoms with Gasteiger partial charge in [-0.25, -0.2) is 0 Å². The Morgan fingerprint density at radius 1 is 1.23 bits per heavy atom. The smallest absolute Gasteiger partial charge is 0.252 e. The number of rotatable bonds is 7. The highest BCUT2D eigenvalue weighted by atomic mass is 35.5. The van der Waals surface area contributed by atoms with Gasteiger partial charge in [0.25, 0.3) is 5.91 Å². The molecule has 0 atom stereocenters. The van der Waals surface area contributed by atoms with E-state index in [9.17, 15) is 4.79 Å². The van der Waals surface area contributed by atoms with Crippen LogP contribution in [-0.4, -0.2) is 36.0 Å². The first-order valence-corrected chi connectivity index (χ1v) is 9.79. The van der Waals surface area contributed by atoms with Crippen LogP contribution >= 0.6 is 11.6 Å². The number of amides is 1. The summed E-state index contributed by atoms with van der Waals surface area (Å²) < 4.78 is 11.3. The van der Waals surface area contributed by atoms with Gasteiger partial charge in [-0.1, -0.05) is 18.2 Å². The highest BCUT2D eigenvalue weighted by molar-refractivity contribution is 6.33. The molecule has 1 saturated heterocycles. The van der Waals surface area contributed by atoms with Crippen LogP contribution in [0.4, 0.5) is 5.69 Å². The fraction of sp³-hybridized carbons (Fsp3) is 0.182. The number of hydrogen-bond acceptors (Lipinski definition) is 6. The van der Waals surface area contributed by atoms with Crippen molar-refractivity contribution in [2.45, 2.75) is 6.42 Å². The molecule has 8 heteroatoms. The number of carbonyl (C=O) groups is 1. The molecule has 0 spiro atoms. The number of likely N-dealkylation sites (tertiary alicyclic amines) is 1. The van der Waals surface area contributed by atoms with Gasteiger partial charge in [0, 0.05) is 36.8 Å². The van der Waals surface area contributed by atoms with E-state index < -0.39 is 5.91 Å². The van der Waals surface area contributed by atoms with E-state index in [1.54, 1.807) is 30.5 Å². The summed E-state index contributed by atoms with van der Waals surface area (Å²) in [5.41, 5.74) is 7.10. The van der Waals surface area contributed by atoms with Gasteiger partial charge in [-0.05, 0) is 30.7 Å². The van der Waals surface area contributed by atoms with Crippen molar-refractivity contribution >= 4 is 34.1 Å². The van der Waals surface area contributed by atoms with E-state index in [0.717, 1.165) is 24.6 Å². The first kappa shape index (κ1) is 19.8. The fourth-order valence-electron chi connectivity index (χ4n) is 3.21. The Balaban J connectivity index is 1.62. The first-order valence-electron chi connectivity index (χ1n) is 9.41. The van der Waals surface area contributed by atoms with Crippen molar-refractivity contribution in [3.05, 3.63) is 65.6 Å². The summed E-state index contributed by atoms with van der Waals surface area (Å²) in [6, 6.07) is 10.4. The highest BCUT2D eigenvalue weighted by Crippen LogP contribution is 2.35. The maximum atomic E-state index is 11.8. The molecular weight excluding hydrogens is 404 g/mol. The molecule has 1 amide bonds. The first-order chi connectivity index (χ1) is 14.5. The average Bonchev–Trinajstić information content (AvgIpc) is 2.67. The van der Waals surface area contributed by atoms with Gasteiger partial charge >= 0.3 is 0 Å². The van der Waals surface area contributed by atoms with Crippen molar-refractivity contribution in [1.82, 2.24) is 9.88 Å². The van der Waals surface area contributed by atoms with Gasteiger partial charge in [0.05, 0.1) is 34.7 Å². The number of ether oxygens (including phenoxy) is 2. The number of hydrogen-bond donors (Lipinski definition) is 2. The third-order valence-corrected chi connectivity index (χ3v) is 5.29. The van der Waals surface area contributed by atoms with Gasteiger partial charge in [0.2, 0.25) is 0 Å². The predicted molar refractivity (Wildman–Crippen MR) is 117 cm³/mol. The SMILES string of the molecule is C=C(Nc1ccc(Oc2ccnc3cc(OC)c(C(N)=O)cc23)cc1Cl)N1CCC1. The van der Waals surface area contributed by atoms with Crippen molar-refractivity contribution in [3.63, 3.8) is 0 Å². The molecule has 0 aliphatic carbocycles. The summed E-state index contributed by atoms with van der Waals surface area (Å²) in [5, 5.41) is 4.38. The van der Waals surface area contributed by atoms with Gasteiger partial charge in [0.1, 0.15) is 17.2 Å². The van der Waals surface area contributed by atoms with Gasteiger partial charge in [0.15, 0.2) is 0 Å². The van der Waals surface area contributed by atoms with Crippen LogP contribution in [0, 0.1) is 0 Å². The number of anilines is 1. The largest absolute Gasteiger partial charge is 0.496 e. The molecule has 0 bridgehead atoms. The van der Waals surface area contributed by atoms with Crippen LogP contribution in [0.25, 0.3) is 10.9 Å². The van der Waals surface area contributed by atoms with E-state index in [2.05, 4.69) is 21.8 Å². The van der Waals surface area contributed by atoms with Gasteiger partial charge in [-0.2, -0.15) is 0 Å². The number of methoxy groups -OCH3 is 1. The summed E-state index contributed by atoms with van der Waals surface area (Å²) >= 11 is 6.44. The fourth-order valence-corrected chi connectivity index (χ4v) is 3.42. The van der Waals surface area contributed by atoms with E-state index in [4.69, 9.17) is 26.8 Å². The normalized spacial score (nSPS) is 12.9. The summed E-state index contributed by atoms with van der Waals surface area (Å²) in [7, 11) is 1.47. The average molecular weight is 425 g/mol. The minimum atomic E-state index is -0.593. The Labute approximate surface area is 179 Å². The topological polar surface area (TPSA) is 89.7 Å². The Morgan fingerprint density at radius 3 is 2.67 bits per heavy atom. The number of pyridine rings is 1. The molecule has 7 nitrogen and oxygen atoms in total. The van der Waals surface area contributed by atoms with E-state index >= 15 is 0 Å². The molecule has 2 aromatic carbocycles. The number of nitrogens with one attached hydrogen (secondary N) is 1. The molecule has 3 aromatic rings. The lowest BCUT2D eigenvalue weighted by Gasteiger charge is -2.35. The molecule has 3 N–H and O–H groups in total. The Hall–Kier alpha value is -3.45. The van der Waals surface area contributed by atoms with E-state index in [1.807, 2.05) is 12.1 Å². The van der Waals surface area contributed by atoms with Crippen LogP contribution in [0.15, 0.2) is 55.0 Å². The number of aromatic nitrogens is 1. The second-order valence-corrected chi connectivity index (χ2v) is 7.31. The third-order valence-electron chi connectivity index (χ3n) is 4.97. The molecule has 4 rings (SSSR count). The molecule has 2 heterocycles. The van der Waals surface area contributed by atoms with Crippen LogP contribution in [0.5, 0.6) is 17.2 Å². The molecule has 30 heavy (non-hydrogen) atoms. The molecule has 0 unspecified atom stereocenters. The highest BCUT2D eigenvalue weighted by Gasteiger charge is 2.17. The number of primary amides is 1. The zero-order valence-electron chi connectivity index (χ0n) is 16.4. The van der Waals surface area contributed by atoms with E-state index in [1.165, 1.54) is 13.5 Å². The van der Waals surface area contributed by atoms with Crippen LogP contribution in [0.3, 0.4) is 0 Å². The summed E-state index contributed by atoms with van der Waals surface area (Å²) in [6.07, 6.45) is 2.79. The third kappa shape index (κ3) is 3.84. The van der Waals surface area contributed by atoms with Crippen LogP contribution in [0.2, 0.25) is 5.02 Å². The molecule has 1 fully saturated rings. The van der Waals surface area contributed by atoms with Gasteiger partial charge < -0.3 is 25.4 Å². The number of benzene rings is 2. The standard InChI is InChI=1S/C22H21ClN4O3/c1-13(27-8-3-9-27)26-18-5-4-14(10-17(18)23)30-20-6-7-25-19-12-21(29-2)16(22(24)28)11-15(19)20/h4-7,10-12,26H,1,3,8-9H2,2H3,(H2,24,28). The Morgan fingerprint density at radius 2 is 2.03 bits per heavy atom. The molecule has 154 valence electrons. The molecule has 1 aliphatic heterocycles. The predicted octanol–water partition coefficient (Wildman–Crippen LogP) is 4.38. The van der Waals surface area contributed by atoms with E-state index in [-0.39, 0.29) is 5.56 Å². The second-order valence-electron chi connectivity index (χ2n) is 6.90. The maximum Gasteiger partial charge on any atom is 0.252 e. The van der Waals surface area contributed by atoms with Crippen molar-refractivity contribution in [1.29, 1.82) is 0 Å². The number of halogens is 1. The zero-order valence-corrected chi connectivity index (χ0v) is 17.2. The number of nitrogens with two attached hydrogens (primary N) is 1. The van der Waals surface area contributed by atoms with Crippen molar-refractivity contribution in [2.75, 3.05) is 25.5 Å². The number of fused-ring (bicyclic) bond motifs is 1. The van der Waals surface area contributed by atoms with Crippen LogP contribution in [-0.2, 0) is 0 Å². The lowest BCUT2D eigenvalue weighted by atomic mass is 10.1. The summed E-state index contributed by atoms with van der Waals surface area (Å²) in [5.74, 6) is 1.66. The van der Waals surface area contributed by atoms with Crippen molar-refractivity contribution in [3.8, 4) is 17.2 Å². The lowest BCUT2D eigenvalue weighted by molar-refractivity contribution is 0.0997. The number of carbonyl (C=O) groups excluding carboxylic acids is 1. The number of nitrogens with zero attached hydrogens (tertiary/aromatic N) is 2. The van der Waals surface area contributed by atoms with Gasteiger partial charge in [-0.15, -0.1) is 0 Å². The molecule has 1 aromatic heterocycles. The molecular formula is C22H21ClN4O3. The minimum absolute atomic E-state index is 0.255. The zero-order chi connectivity index (χ0) is 21.3. The quantitative estimate of drug-likeness (QED) is 0.585. The second kappa shape index (κ2) is 8.12. The molecule has 0 saturated carbocycles. The maximum absolute atomic E-state index is 11.8. The Bertz CT molecular complexity index is 1140. The summed E-state index contributed by atoms with van der Waals surface area (Å²) in [6.45, 7) is 6.04. The van der Waals surface area contributed by atoms with Crippen LogP contribution < -0.4 is 20.5 Å². The lowest BCUT2D eigenvalue weighted by Crippen LogP contribution is -2.38. The Kier molecular flexibility index (Phi) is 5.37. The monoisotopic (exact) mass is 424 g/mol. The van der Waals surface area contributed by atoms with Crippen molar-refractivity contribution < 1.29 is 14.3 Å². The summed E-state index contributed by atoms with van der Waals surface area (Å²) in [4.78, 5) is 18.3. The molecule has 0 radical (unpaired) electrons. The van der Waals surface area contributed by atoms with E-state index in [0.29, 0.717) is 33.2 Å².